The molecule has 0 aliphatic carbocycles. The van der Waals surface area contributed by atoms with Gasteiger partial charge in [0.2, 0.25) is 11.5 Å². The number of anilines is 1. The van der Waals surface area contributed by atoms with Gasteiger partial charge in [-0.25, -0.2) is 0 Å². The summed E-state index contributed by atoms with van der Waals surface area (Å²) >= 11 is 0. The zero-order chi connectivity index (χ0) is 19.2. The summed E-state index contributed by atoms with van der Waals surface area (Å²) in [6.45, 7) is 6.58. The quantitative estimate of drug-likeness (QED) is 0.596. The number of aliphatic hydroxyl groups excluding tert-OH is 1. The summed E-state index contributed by atoms with van der Waals surface area (Å²) in [5.74, 6) is 0.229. The van der Waals surface area contributed by atoms with Gasteiger partial charge in [-0.3, -0.25) is 4.79 Å². The predicted octanol–water partition coefficient (Wildman–Crippen LogP) is 3.88. The summed E-state index contributed by atoms with van der Waals surface area (Å²) in [6.07, 6.45) is 2.81. The van der Waals surface area contributed by atoms with Crippen molar-refractivity contribution >= 4 is 28.8 Å². The molecule has 2 N–H and O–H groups in total. The van der Waals surface area contributed by atoms with E-state index < -0.39 is 0 Å². The molecule has 1 atom stereocenters. The molecule has 3 rings (SSSR count). The smallest absolute Gasteiger partial charge is 0.373 e. The fourth-order valence-corrected chi connectivity index (χ4v) is 3.35. The highest BCUT2D eigenvalue weighted by Gasteiger charge is 2.27. The number of oxazole rings is 1. The highest BCUT2D eigenvalue weighted by atomic mass is 16.4. The van der Waals surface area contributed by atoms with Crippen molar-refractivity contribution in [1.29, 1.82) is 0 Å². The molecule has 140 valence electrons. The van der Waals surface area contributed by atoms with Crippen LogP contribution in [0.2, 0.25) is 0 Å². The van der Waals surface area contributed by atoms with Gasteiger partial charge in [-0.1, -0.05) is 43.8 Å². The van der Waals surface area contributed by atoms with E-state index >= 15 is 0 Å². The van der Waals surface area contributed by atoms with Crippen molar-refractivity contribution in [3.8, 4) is 0 Å². The van der Waals surface area contributed by atoms with E-state index in [0.717, 1.165) is 35.3 Å². The van der Waals surface area contributed by atoms with Gasteiger partial charge >= 0.3 is 5.89 Å². The minimum atomic E-state index is -0.323. The number of aromatic nitrogens is 1. The molecule has 5 nitrogen and oxygen atoms in total. The molecule has 1 unspecified atom stereocenters. The van der Waals surface area contributed by atoms with Gasteiger partial charge < -0.3 is 14.8 Å². The Balaban J connectivity index is 1.92. The molecular formula is C22H25N2O3+. The third kappa shape index (κ3) is 4.09. The van der Waals surface area contributed by atoms with Gasteiger partial charge in [0.15, 0.2) is 6.54 Å². The average Bonchev–Trinajstić information content (AvgIpc) is 3.05. The Bertz CT molecular complexity index is 931. The number of nitrogens with one attached hydrogen (secondary N) is 1. The largest absolute Gasteiger partial charge is 0.398 e. The Kier molecular flexibility index (Phi) is 6.04. The normalized spacial score (nSPS) is 12.1. The maximum Gasteiger partial charge on any atom is 0.373 e. The van der Waals surface area contributed by atoms with Crippen LogP contribution in [0.15, 0.2) is 59.5 Å². The lowest BCUT2D eigenvalue weighted by Gasteiger charge is -2.14. The molecule has 1 heterocycles. The maximum atomic E-state index is 12.5. The summed E-state index contributed by atoms with van der Waals surface area (Å²) in [5.41, 5.74) is 3.30. The van der Waals surface area contributed by atoms with Crippen molar-refractivity contribution in [2.24, 2.45) is 0 Å². The first kappa shape index (κ1) is 18.9. The number of carbonyl (C=O) groups is 1. The van der Waals surface area contributed by atoms with Gasteiger partial charge in [-0.2, -0.15) is 4.57 Å². The van der Waals surface area contributed by atoms with Gasteiger partial charge in [0.25, 0.3) is 5.52 Å². The second kappa shape index (κ2) is 8.64. The number of rotatable bonds is 8. The highest BCUT2D eigenvalue weighted by Crippen LogP contribution is 2.28. The lowest BCUT2D eigenvalue weighted by Crippen LogP contribution is -2.36. The molecule has 3 aromatic rings. The Hall–Kier alpha value is -2.92. The second-order valence-corrected chi connectivity index (χ2v) is 6.49. The molecule has 0 radical (unpaired) electrons. The summed E-state index contributed by atoms with van der Waals surface area (Å²) in [6, 6.07) is 15.1. The van der Waals surface area contributed by atoms with Gasteiger partial charge in [0.1, 0.15) is 0 Å². The number of fused-ring (bicyclic) bond motifs is 1. The second-order valence-electron chi connectivity index (χ2n) is 6.49. The van der Waals surface area contributed by atoms with Crippen LogP contribution in [0, 0.1) is 0 Å². The molecule has 0 saturated heterocycles. The van der Waals surface area contributed by atoms with Gasteiger partial charge in [0.05, 0.1) is 6.61 Å². The third-order valence-corrected chi connectivity index (χ3v) is 4.55. The fourth-order valence-electron chi connectivity index (χ4n) is 3.35. The van der Waals surface area contributed by atoms with Crippen molar-refractivity contribution < 1.29 is 18.9 Å². The van der Waals surface area contributed by atoms with E-state index in [1.54, 1.807) is 6.08 Å². The van der Waals surface area contributed by atoms with Crippen LogP contribution in [0.5, 0.6) is 0 Å². The first-order chi connectivity index (χ1) is 13.2. The number of hydrogen-bond donors (Lipinski definition) is 2. The van der Waals surface area contributed by atoms with Crippen LogP contribution in [0.3, 0.4) is 0 Å². The van der Waals surface area contributed by atoms with Crippen LogP contribution in [0.4, 0.5) is 5.69 Å². The van der Waals surface area contributed by atoms with Gasteiger partial charge in [-0.05, 0) is 18.2 Å². The van der Waals surface area contributed by atoms with Crippen LogP contribution in [-0.4, -0.2) is 17.6 Å². The number of aryl methyl sites for hydroxylation is 1. The van der Waals surface area contributed by atoms with Crippen molar-refractivity contribution in [3.05, 3.63) is 66.6 Å². The molecule has 0 aliphatic heterocycles. The minimum Gasteiger partial charge on any atom is -0.398 e. The van der Waals surface area contributed by atoms with E-state index in [0.29, 0.717) is 5.89 Å². The highest BCUT2D eigenvalue weighted by molar-refractivity contribution is 5.91. The molecule has 0 aliphatic rings. The van der Waals surface area contributed by atoms with Crippen LogP contribution in [-0.2, 0) is 11.3 Å². The van der Waals surface area contributed by atoms with Crippen molar-refractivity contribution in [2.75, 3.05) is 11.9 Å². The zero-order valence-electron chi connectivity index (χ0n) is 15.5. The van der Waals surface area contributed by atoms with Crippen molar-refractivity contribution in [1.82, 2.24) is 0 Å². The van der Waals surface area contributed by atoms with Crippen molar-refractivity contribution in [3.63, 3.8) is 0 Å². The van der Waals surface area contributed by atoms with E-state index in [-0.39, 0.29) is 24.9 Å². The summed E-state index contributed by atoms with van der Waals surface area (Å²) in [7, 11) is 0. The number of carbonyl (C=O) groups excluding carboxylic acids is 1. The van der Waals surface area contributed by atoms with E-state index in [1.807, 2.05) is 48.5 Å². The molecule has 5 heteroatoms. The van der Waals surface area contributed by atoms with Crippen LogP contribution in [0.25, 0.3) is 17.2 Å². The summed E-state index contributed by atoms with van der Waals surface area (Å²) < 4.78 is 7.96. The van der Waals surface area contributed by atoms with E-state index in [9.17, 15) is 9.90 Å². The van der Waals surface area contributed by atoms with Gasteiger partial charge in [0, 0.05) is 36.1 Å². The maximum absolute atomic E-state index is 12.5. The Morgan fingerprint density at radius 1 is 1.26 bits per heavy atom. The summed E-state index contributed by atoms with van der Waals surface area (Å²) in [5, 5.41) is 12.9. The average molecular weight is 365 g/mol. The molecule has 27 heavy (non-hydrogen) atoms. The molecule has 0 fully saturated rings. The fraction of sp³-hybridized carbons (Fsp3) is 0.273. The molecule has 0 spiro atoms. The van der Waals surface area contributed by atoms with Crippen LogP contribution in [0.1, 0.15) is 37.1 Å². The van der Waals surface area contributed by atoms with Crippen molar-refractivity contribution in [2.45, 2.75) is 32.2 Å². The Morgan fingerprint density at radius 2 is 2.04 bits per heavy atom. The number of para-hydroxylation sites is 2. The molecule has 0 bridgehead atoms. The van der Waals surface area contributed by atoms with Crippen LogP contribution >= 0.6 is 0 Å². The monoisotopic (exact) mass is 365 g/mol. The number of aliphatic hydroxyl groups is 1. The molecule has 2 aromatic carbocycles. The zero-order valence-corrected chi connectivity index (χ0v) is 15.5. The topological polar surface area (TPSA) is 66.4 Å². The van der Waals surface area contributed by atoms with E-state index in [1.165, 1.54) is 0 Å². The number of benzene rings is 2. The van der Waals surface area contributed by atoms with E-state index in [4.69, 9.17) is 4.42 Å². The summed E-state index contributed by atoms with van der Waals surface area (Å²) in [4.78, 5) is 12.5. The van der Waals surface area contributed by atoms with E-state index in [2.05, 4.69) is 23.4 Å². The third-order valence-electron chi connectivity index (χ3n) is 4.55. The Labute approximate surface area is 158 Å². The Morgan fingerprint density at radius 3 is 2.70 bits per heavy atom. The first-order valence-electron chi connectivity index (χ1n) is 9.21. The lowest BCUT2D eigenvalue weighted by molar-refractivity contribution is -0.678. The minimum absolute atomic E-state index is 0.123. The van der Waals surface area contributed by atoms with Gasteiger partial charge in [-0.15, -0.1) is 0 Å². The standard InChI is InChI=1S/C22H24N2O3/c1-3-13-24-21(4-2)27-19-12-8-11-18(22(19)24)16(15-25)14-20(26)23-17-9-6-5-7-10-17/h4-12,16,25H,2-3,13-15H2,1H3/p+1. The number of nitrogens with zero attached hydrogens (tertiary/aromatic N) is 1. The SMILES string of the molecule is C=Cc1oc2cccc(C(CO)CC(=O)Nc3ccccc3)c2[n+]1CCC. The first-order valence-corrected chi connectivity index (χ1v) is 9.21. The molecule has 1 amide bonds. The molecular weight excluding hydrogens is 340 g/mol. The predicted molar refractivity (Wildman–Crippen MR) is 106 cm³/mol. The number of hydrogen-bond acceptors (Lipinski definition) is 3. The number of amides is 1. The molecule has 1 aromatic heterocycles. The lowest BCUT2D eigenvalue weighted by atomic mass is 9.94. The molecule has 0 saturated carbocycles. The van der Waals surface area contributed by atoms with Crippen LogP contribution < -0.4 is 9.88 Å².